The fourth-order valence-corrected chi connectivity index (χ4v) is 6.79. The third kappa shape index (κ3) is 22.1. The van der Waals surface area contributed by atoms with Crippen LogP contribution in [0.3, 0.4) is 0 Å². The highest BCUT2D eigenvalue weighted by Crippen LogP contribution is 2.21. The number of aliphatic imine (C=N–C) groups is 1. The zero-order valence-corrected chi connectivity index (χ0v) is 33.3. The highest BCUT2D eigenvalue weighted by atomic mass is 16.3. The predicted octanol–water partition coefficient (Wildman–Crippen LogP) is 3.22. The zero-order chi connectivity index (χ0) is 39.3. The van der Waals surface area contributed by atoms with Crippen molar-refractivity contribution in [2.75, 3.05) is 26.2 Å². The number of hydrogen-bond acceptors (Lipinski definition) is 8. The van der Waals surface area contributed by atoms with Gasteiger partial charge in [0.2, 0.25) is 23.6 Å². The van der Waals surface area contributed by atoms with Crippen molar-refractivity contribution < 1.29 is 24.3 Å². The molecular formula is C39H77N9O5. The van der Waals surface area contributed by atoms with Gasteiger partial charge >= 0.3 is 0 Å². The number of carbonyl (C=O) groups is 4. The molecule has 5 unspecified atom stereocenters. The monoisotopic (exact) mass is 752 g/mol. The molecule has 0 saturated carbocycles. The van der Waals surface area contributed by atoms with Gasteiger partial charge in [-0.15, -0.1) is 0 Å². The first kappa shape index (κ1) is 48.0. The number of aliphatic hydroxyl groups is 1. The Morgan fingerprint density at radius 2 is 1.30 bits per heavy atom. The Bertz CT molecular complexity index is 1040. The van der Waals surface area contributed by atoms with Crippen molar-refractivity contribution >= 4 is 29.6 Å². The molecule has 5 atom stereocenters. The average molecular weight is 752 g/mol. The average Bonchev–Trinajstić information content (AvgIpc) is 3.63. The summed E-state index contributed by atoms with van der Waals surface area (Å²) in [5, 5.41) is 18.3. The molecule has 1 aliphatic rings. The van der Waals surface area contributed by atoms with E-state index in [-0.39, 0.29) is 11.9 Å². The first-order valence-electron chi connectivity index (χ1n) is 20.9. The van der Waals surface area contributed by atoms with Crippen molar-refractivity contribution in [2.45, 2.75) is 192 Å². The number of nitrogens with one attached hydrogen (secondary N) is 3. The van der Waals surface area contributed by atoms with E-state index < -0.39 is 48.0 Å². The summed E-state index contributed by atoms with van der Waals surface area (Å²) in [6, 6.07) is -3.74. The molecule has 1 saturated heterocycles. The van der Waals surface area contributed by atoms with E-state index in [1.807, 2.05) is 0 Å². The van der Waals surface area contributed by atoms with E-state index in [0.29, 0.717) is 71.1 Å². The number of rotatable bonds is 32. The molecule has 308 valence electrons. The standard InChI is InChI=1S/C39H77N9O5/c1-3-4-5-6-7-8-9-10-11-12-13-14-15-16-17-20-27-44-35(50)31(24-21-28-45-39(42)43)46-36(51)33-25-22-29-48(33)38(53)32(23-18-19-26-40)47-37(52)34(41)30(2)49/h30-34,49H,3-29,40-41H2,1-2H3,(H,44,50)(H,46,51)(H,47,52)(H4,42,43,45). The maximum atomic E-state index is 13.7. The van der Waals surface area contributed by atoms with E-state index in [2.05, 4.69) is 27.9 Å². The second kappa shape index (κ2) is 30.4. The first-order chi connectivity index (χ1) is 25.5. The van der Waals surface area contributed by atoms with Crippen LogP contribution < -0.4 is 38.9 Å². The van der Waals surface area contributed by atoms with Crippen LogP contribution in [0.2, 0.25) is 0 Å². The first-order valence-corrected chi connectivity index (χ1v) is 20.9. The number of aliphatic hydroxyl groups excluding tert-OH is 1. The second-order valence-electron chi connectivity index (χ2n) is 14.9. The predicted molar refractivity (Wildman–Crippen MR) is 214 cm³/mol. The van der Waals surface area contributed by atoms with Crippen molar-refractivity contribution in [2.24, 2.45) is 27.9 Å². The van der Waals surface area contributed by atoms with E-state index >= 15 is 0 Å². The van der Waals surface area contributed by atoms with Crippen LogP contribution in [0.15, 0.2) is 4.99 Å². The fourth-order valence-electron chi connectivity index (χ4n) is 6.79. The minimum atomic E-state index is -1.20. The second-order valence-corrected chi connectivity index (χ2v) is 14.9. The Morgan fingerprint density at radius 3 is 1.83 bits per heavy atom. The Balaban J connectivity index is 2.60. The van der Waals surface area contributed by atoms with Crippen molar-refractivity contribution in [1.29, 1.82) is 0 Å². The minimum absolute atomic E-state index is 0.0406. The maximum absolute atomic E-state index is 13.7. The van der Waals surface area contributed by atoms with Crippen LogP contribution in [0.5, 0.6) is 0 Å². The Morgan fingerprint density at radius 1 is 0.755 bits per heavy atom. The molecule has 0 radical (unpaired) electrons. The molecule has 1 aliphatic heterocycles. The number of likely N-dealkylation sites (tertiary alicyclic amines) is 1. The van der Waals surface area contributed by atoms with Crippen molar-refractivity contribution in [3.05, 3.63) is 0 Å². The summed E-state index contributed by atoms with van der Waals surface area (Å²) in [7, 11) is 0. The molecule has 0 aromatic carbocycles. The lowest BCUT2D eigenvalue weighted by Gasteiger charge is -2.30. The molecule has 12 N–H and O–H groups in total. The molecule has 14 nitrogen and oxygen atoms in total. The summed E-state index contributed by atoms with van der Waals surface area (Å²) in [5.74, 6) is -1.79. The molecule has 0 bridgehead atoms. The van der Waals surface area contributed by atoms with Crippen LogP contribution in [-0.2, 0) is 19.2 Å². The number of nitrogens with two attached hydrogens (primary N) is 4. The van der Waals surface area contributed by atoms with E-state index in [4.69, 9.17) is 22.9 Å². The van der Waals surface area contributed by atoms with Crippen molar-refractivity contribution in [3.63, 3.8) is 0 Å². The number of hydrogen-bond donors (Lipinski definition) is 8. The Hall–Kier alpha value is -2.97. The fraction of sp³-hybridized carbons (Fsp3) is 0.872. The number of carbonyl (C=O) groups excluding carboxylic acids is 4. The number of guanidine groups is 1. The third-order valence-corrected chi connectivity index (χ3v) is 10.1. The molecule has 0 aromatic heterocycles. The summed E-state index contributed by atoms with van der Waals surface area (Å²) in [6.07, 6.45) is 22.7. The molecule has 1 rings (SSSR count). The highest BCUT2D eigenvalue weighted by molar-refractivity contribution is 5.95. The van der Waals surface area contributed by atoms with Gasteiger partial charge in [-0.2, -0.15) is 0 Å². The highest BCUT2D eigenvalue weighted by Gasteiger charge is 2.39. The van der Waals surface area contributed by atoms with Gasteiger partial charge in [-0.1, -0.05) is 103 Å². The number of amides is 4. The smallest absolute Gasteiger partial charge is 0.245 e. The van der Waals surface area contributed by atoms with E-state index in [0.717, 1.165) is 19.3 Å². The summed E-state index contributed by atoms with van der Waals surface area (Å²) in [6.45, 7) is 5.27. The number of nitrogens with zero attached hydrogens (tertiary/aromatic N) is 2. The van der Waals surface area contributed by atoms with Crippen LogP contribution in [-0.4, -0.2) is 96.0 Å². The van der Waals surface area contributed by atoms with Gasteiger partial charge < -0.3 is 48.9 Å². The van der Waals surface area contributed by atoms with Gasteiger partial charge in [-0.3, -0.25) is 24.2 Å². The van der Waals surface area contributed by atoms with Gasteiger partial charge in [-0.25, -0.2) is 0 Å². The van der Waals surface area contributed by atoms with Gasteiger partial charge in [-0.05, 0) is 64.8 Å². The van der Waals surface area contributed by atoms with Crippen molar-refractivity contribution in [1.82, 2.24) is 20.9 Å². The number of unbranched alkanes of at least 4 members (excludes halogenated alkanes) is 16. The normalized spacial score (nSPS) is 16.4. The Kier molecular flexibility index (Phi) is 27.5. The largest absolute Gasteiger partial charge is 0.391 e. The molecule has 0 aliphatic carbocycles. The Labute approximate surface area is 320 Å². The van der Waals surface area contributed by atoms with Gasteiger partial charge in [0.15, 0.2) is 5.96 Å². The van der Waals surface area contributed by atoms with Crippen LogP contribution in [0.1, 0.15) is 162 Å². The van der Waals surface area contributed by atoms with Gasteiger partial charge in [0.05, 0.1) is 6.10 Å². The van der Waals surface area contributed by atoms with Gasteiger partial charge in [0.1, 0.15) is 24.2 Å². The van der Waals surface area contributed by atoms with E-state index in [1.165, 1.54) is 95.3 Å². The lowest BCUT2D eigenvalue weighted by Crippen LogP contribution is -2.58. The maximum Gasteiger partial charge on any atom is 0.245 e. The molecule has 0 spiro atoms. The summed E-state index contributed by atoms with van der Waals surface area (Å²) < 4.78 is 0. The van der Waals surface area contributed by atoms with E-state index in [1.54, 1.807) is 0 Å². The minimum Gasteiger partial charge on any atom is -0.391 e. The van der Waals surface area contributed by atoms with Gasteiger partial charge in [0.25, 0.3) is 0 Å². The lowest BCUT2D eigenvalue weighted by atomic mass is 10.0. The van der Waals surface area contributed by atoms with E-state index in [9.17, 15) is 24.3 Å². The molecule has 0 aromatic rings. The molecule has 1 fully saturated rings. The lowest BCUT2D eigenvalue weighted by molar-refractivity contribution is -0.142. The summed E-state index contributed by atoms with van der Waals surface area (Å²) >= 11 is 0. The zero-order valence-electron chi connectivity index (χ0n) is 33.3. The third-order valence-electron chi connectivity index (χ3n) is 10.1. The molecule has 4 amide bonds. The van der Waals surface area contributed by atoms with Crippen LogP contribution in [0.4, 0.5) is 0 Å². The van der Waals surface area contributed by atoms with Crippen LogP contribution in [0, 0.1) is 0 Å². The molecule has 1 heterocycles. The summed E-state index contributed by atoms with van der Waals surface area (Å²) in [4.78, 5) is 58.8. The topological polar surface area (TPSA) is 244 Å². The molecule has 14 heteroatoms. The van der Waals surface area contributed by atoms with Crippen LogP contribution in [0.25, 0.3) is 0 Å². The quantitative estimate of drug-likeness (QED) is 0.0285. The molecular weight excluding hydrogens is 674 g/mol. The van der Waals surface area contributed by atoms with Crippen molar-refractivity contribution in [3.8, 4) is 0 Å². The molecule has 53 heavy (non-hydrogen) atoms. The van der Waals surface area contributed by atoms with Crippen LogP contribution >= 0.6 is 0 Å². The summed E-state index contributed by atoms with van der Waals surface area (Å²) in [5.41, 5.74) is 22.4. The van der Waals surface area contributed by atoms with Gasteiger partial charge in [0, 0.05) is 19.6 Å². The SMILES string of the molecule is CCCCCCCCCCCCCCCCCCNC(=O)C(CCCN=C(N)N)NC(=O)C1CCCN1C(=O)C(CCCCN)NC(=O)C(N)C(C)O.